The third-order valence-corrected chi connectivity index (χ3v) is 4.75. The Bertz CT molecular complexity index is 446. The van der Waals surface area contributed by atoms with E-state index in [0.717, 1.165) is 30.4 Å². The summed E-state index contributed by atoms with van der Waals surface area (Å²) in [4.78, 5) is 13.2. The highest BCUT2D eigenvalue weighted by atomic mass is 79.9. The summed E-state index contributed by atoms with van der Waals surface area (Å²) in [5, 5.41) is 8.81. The van der Waals surface area contributed by atoms with Gasteiger partial charge < -0.3 is 5.11 Å². The van der Waals surface area contributed by atoms with Crippen molar-refractivity contribution >= 4 is 21.9 Å². The van der Waals surface area contributed by atoms with Crippen molar-refractivity contribution in [1.29, 1.82) is 0 Å². The van der Waals surface area contributed by atoms with Gasteiger partial charge in [0.15, 0.2) is 0 Å². The van der Waals surface area contributed by atoms with Gasteiger partial charge in [-0.1, -0.05) is 28.1 Å². The molecule has 4 heteroatoms. The first-order valence-corrected chi connectivity index (χ1v) is 8.07. The van der Waals surface area contributed by atoms with E-state index in [4.69, 9.17) is 5.11 Å². The van der Waals surface area contributed by atoms with Crippen molar-refractivity contribution in [2.75, 3.05) is 13.1 Å². The minimum atomic E-state index is -0.678. The number of rotatable bonds is 5. The van der Waals surface area contributed by atoms with Gasteiger partial charge in [0.05, 0.1) is 0 Å². The molecule has 20 heavy (non-hydrogen) atoms. The molecule has 0 saturated carbocycles. The smallest absolute Gasteiger partial charge is 0.303 e. The minimum absolute atomic E-state index is 0.297. The quantitative estimate of drug-likeness (QED) is 0.878. The number of carbonyl (C=O) groups is 1. The van der Waals surface area contributed by atoms with E-state index in [1.807, 2.05) is 0 Å². The second kappa shape index (κ2) is 7.23. The van der Waals surface area contributed by atoms with Crippen LogP contribution in [0.3, 0.4) is 0 Å². The molecule has 2 unspecified atom stereocenters. The molecule has 0 aromatic heterocycles. The Labute approximate surface area is 129 Å². The summed E-state index contributed by atoms with van der Waals surface area (Å²) >= 11 is 3.47. The van der Waals surface area contributed by atoms with E-state index in [9.17, 15) is 4.79 Å². The van der Waals surface area contributed by atoms with Crippen LogP contribution in [0.4, 0.5) is 0 Å². The molecule has 1 aromatic carbocycles. The number of benzene rings is 1. The third kappa shape index (κ3) is 4.32. The van der Waals surface area contributed by atoms with E-state index < -0.39 is 5.97 Å². The van der Waals surface area contributed by atoms with Gasteiger partial charge in [0, 0.05) is 23.5 Å². The normalized spacial score (nSPS) is 21.6. The van der Waals surface area contributed by atoms with Crippen LogP contribution >= 0.6 is 15.9 Å². The van der Waals surface area contributed by atoms with Crippen LogP contribution in [0.25, 0.3) is 0 Å². The molecule has 3 nitrogen and oxygen atoms in total. The molecular formula is C16H22BrNO2. The number of aliphatic carboxylic acids is 1. The fourth-order valence-corrected chi connectivity index (χ4v) is 3.23. The van der Waals surface area contributed by atoms with E-state index in [1.54, 1.807) is 0 Å². The molecule has 110 valence electrons. The first-order valence-electron chi connectivity index (χ1n) is 7.27. The van der Waals surface area contributed by atoms with Crippen molar-refractivity contribution in [3.63, 3.8) is 0 Å². The molecule has 1 fully saturated rings. The van der Waals surface area contributed by atoms with Crippen LogP contribution in [0.5, 0.6) is 0 Å². The van der Waals surface area contributed by atoms with Crippen LogP contribution in [0.2, 0.25) is 0 Å². The molecule has 1 aliphatic rings. The number of likely N-dealkylation sites (tertiary alicyclic amines) is 1. The number of hydrogen-bond donors (Lipinski definition) is 1. The van der Waals surface area contributed by atoms with Gasteiger partial charge in [-0.05, 0) is 56.3 Å². The molecule has 2 atom stereocenters. The van der Waals surface area contributed by atoms with Crippen LogP contribution in [-0.4, -0.2) is 29.1 Å². The Balaban J connectivity index is 1.94. The highest BCUT2D eigenvalue weighted by Crippen LogP contribution is 2.29. The molecule has 0 spiro atoms. The number of carboxylic acid groups (broad SMARTS) is 1. The highest BCUT2D eigenvalue weighted by molar-refractivity contribution is 9.10. The van der Waals surface area contributed by atoms with Crippen molar-refractivity contribution < 1.29 is 9.90 Å². The zero-order valence-electron chi connectivity index (χ0n) is 11.9. The zero-order valence-corrected chi connectivity index (χ0v) is 13.5. The third-order valence-electron chi connectivity index (χ3n) is 4.22. The van der Waals surface area contributed by atoms with Gasteiger partial charge in [-0.25, -0.2) is 0 Å². The summed E-state index contributed by atoms with van der Waals surface area (Å²) in [5.74, 6) is -0.152. The van der Waals surface area contributed by atoms with Gasteiger partial charge in [-0.3, -0.25) is 9.69 Å². The van der Waals surface area contributed by atoms with Crippen molar-refractivity contribution in [1.82, 2.24) is 4.90 Å². The van der Waals surface area contributed by atoms with E-state index in [0.29, 0.717) is 18.4 Å². The zero-order chi connectivity index (χ0) is 14.5. The SMILES string of the molecule is CC(c1ccc(Br)cc1)N1CCCC(CCC(=O)O)C1. The fraction of sp³-hybridized carbons (Fsp3) is 0.562. The molecule has 1 saturated heterocycles. The molecule has 0 aliphatic carbocycles. The predicted octanol–water partition coefficient (Wildman–Crippen LogP) is 4.09. The summed E-state index contributed by atoms with van der Waals surface area (Å²) in [7, 11) is 0. The average molecular weight is 340 g/mol. The lowest BCUT2D eigenvalue weighted by Crippen LogP contribution is -2.37. The number of hydrogen-bond acceptors (Lipinski definition) is 2. The maximum atomic E-state index is 10.7. The maximum absolute atomic E-state index is 10.7. The van der Waals surface area contributed by atoms with Crippen molar-refractivity contribution in [2.45, 2.75) is 38.6 Å². The lowest BCUT2D eigenvalue weighted by Gasteiger charge is -2.37. The molecule has 1 N–H and O–H groups in total. The van der Waals surface area contributed by atoms with Gasteiger partial charge in [0.1, 0.15) is 0 Å². The molecule has 1 aliphatic heterocycles. The monoisotopic (exact) mass is 339 g/mol. The maximum Gasteiger partial charge on any atom is 0.303 e. The van der Waals surface area contributed by atoms with Crippen LogP contribution in [-0.2, 0) is 4.79 Å². The first-order chi connectivity index (χ1) is 9.56. The summed E-state index contributed by atoms with van der Waals surface area (Å²) in [6, 6.07) is 8.89. The van der Waals surface area contributed by atoms with E-state index in [2.05, 4.69) is 52.0 Å². The summed E-state index contributed by atoms with van der Waals surface area (Å²) < 4.78 is 1.10. The Morgan fingerprint density at radius 2 is 2.15 bits per heavy atom. The molecule has 1 heterocycles. The molecule has 0 amide bonds. The predicted molar refractivity (Wildman–Crippen MR) is 83.7 cm³/mol. The molecule has 1 aromatic rings. The van der Waals surface area contributed by atoms with Gasteiger partial charge >= 0.3 is 5.97 Å². The lowest BCUT2D eigenvalue weighted by molar-refractivity contribution is -0.137. The first kappa shape index (κ1) is 15.5. The van der Waals surface area contributed by atoms with Gasteiger partial charge in [0.25, 0.3) is 0 Å². The van der Waals surface area contributed by atoms with Crippen molar-refractivity contribution in [3.8, 4) is 0 Å². The minimum Gasteiger partial charge on any atom is -0.481 e. The number of halogens is 1. The summed E-state index contributed by atoms with van der Waals surface area (Å²) in [5.41, 5.74) is 1.33. The highest BCUT2D eigenvalue weighted by Gasteiger charge is 2.24. The Morgan fingerprint density at radius 3 is 2.80 bits per heavy atom. The van der Waals surface area contributed by atoms with E-state index in [1.165, 1.54) is 12.0 Å². The Kier molecular flexibility index (Phi) is 5.61. The van der Waals surface area contributed by atoms with E-state index >= 15 is 0 Å². The Hall–Kier alpha value is -0.870. The summed E-state index contributed by atoms with van der Waals surface area (Å²) in [6.45, 7) is 4.37. The van der Waals surface area contributed by atoms with Crippen LogP contribution in [0.15, 0.2) is 28.7 Å². The van der Waals surface area contributed by atoms with Gasteiger partial charge in [0.2, 0.25) is 0 Å². The number of carboxylic acids is 1. The fourth-order valence-electron chi connectivity index (χ4n) is 2.96. The average Bonchev–Trinajstić information content (AvgIpc) is 2.45. The standard InChI is InChI=1S/C16H22BrNO2/c1-12(14-5-7-15(17)8-6-14)18-10-2-3-13(11-18)4-9-16(19)20/h5-8,12-13H,2-4,9-11H2,1H3,(H,19,20). The second-order valence-corrected chi connectivity index (χ2v) is 6.58. The summed E-state index contributed by atoms with van der Waals surface area (Å²) in [6.07, 6.45) is 3.44. The number of nitrogens with zero attached hydrogens (tertiary/aromatic N) is 1. The molecule has 2 rings (SSSR count). The molecule has 0 bridgehead atoms. The van der Waals surface area contributed by atoms with Gasteiger partial charge in [-0.15, -0.1) is 0 Å². The van der Waals surface area contributed by atoms with Crippen molar-refractivity contribution in [3.05, 3.63) is 34.3 Å². The lowest BCUT2D eigenvalue weighted by atomic mass is 9.91. The van der Waals surface area contributed by atoms with Crippen molar-refractivity contribution in [2.24, 2.45) is 5.92 Å². The van der Waals surface area contributed by atoms with Crippen LogP contribution < -0.4 is 0 Å². The topological polar surface area (TPSA) is 40.5 Å². The number of piperidine rings is 1. The van der Waals surface area contributed by atoms with Gasteiger partial charge in [-0.2, -0.15) is 0 Å². The van der Waals surface area contributed by atoms with Crippen LogP contribution in [0, 0.1) is 5.92 Å². The van der Waals surface area contributed by atoms with E-state index in [-0.39, 0.29) is 0 Å². The molecular weight excluding hydrogens is 318 g/mol. The Morgan fingerprint density at radius 1 is 1.45 bits per heavy atom. The van der Waals surface area contributed by atoms with Crippen LogP contribution in [0.1, 0.15) is 44.2 Å². The molecule has 0 radical (unpaired) electrons. The second-order valence-electron chi connectivity index (χ2n) is 5.66. The largest absolute Gasteiger partial charge is 0.481 e.